The van der Waals surface area contributed by atoms with Crippen LogP contribution in [0.5, 0.6) is 0 Å². The quantitative estimate of drug-likeness (QED) is 0.875. The number of carboxylic acids is 1. The minimum atomic E-state index is -1.01. The highest BCUT2D eigenvalue weighted by Crippen LogP contribution is 2.32. The first-order chi connectivity index (χ1) is 10.4. The van der Waals surface area contributed by atoms with E-state index in [1.807, 2.05) is 31.4 Å². The molecule has 2 aromatic heterocycles. The van der Waals surface area contributed by atoms with E-state index in [0.29, 0.717) is 17.0 Å². The number of aryl methyl sites for hydroxylation is 1. The lowest BCUT2D eigenvalue weighted by molar-refractivity contribution is -0.138. The van der Waals surface area contributed by atoms with Crippen LogP contribution in [0.25, 0.3) is 9.88 Å². The molecule has 0 saturated carbocycles. The van der Waals surface area contributed by atoms with Crippen molar-refractivity contribution in [2.45, 2.75) is 33.2 Å². The van der Waals surface area contributed by atoms with Gasteiger partial charge in [-0.25, -0.2) is 4.98 Å². The van der Waals surface area contributed by atoms with E-state index in [2.05, 4.69) is 4.98 Å². The summed E-state index contributed by atoms with van der Waals surface area (Å²) in [6.45, 7) is 5.29. The van der Waals surface area contributed by atoms with E-state index in [1.165, 1.54) is 16.2 Å². The summed E-state index contributed by atoms with van der Waals surface area (Å²) in [5.41, 5.74) is 0.650. The summed E-state index contributed by atoms with van der Waals surface area (Å²) >= 11 is 2.89. The van der Waals surface area contributed by atoms with Crippen LogP contribution in [-0.4, -0.2) is 39.5 Å². The van der Waals surface area contributed by atoms with Crippen molar-refractivity contribution in [3.63, 3.8) is 0 Å². The molecule has 0 aliphatic carbocycles. The normalized spacial score (nSPS) is 12.1. The Hall–Kier alpha value is -1.73. The van der Waals surface area contributed by atoms with E-state index in [-0.39, 0.29) is 18.5 Å². The first kappa shape index (κ1) is 16.6. The topological polar surface area (TPSA) is 70.5 Å². The predicted octanol–water partition coefficient (Wildman–Crippen LogP) is 3.51. The zero-order chi connectivity index (χ0) is 16.3. The van der Waals surface area contributed by atoms with Gasteiger partial charge >= 0.3 is 5.97 Å². The molecule has 0 bridgehead atoms. The average Bonchev–Trinajstić information content (AvgIpc) is 3.12. The second-order valence-electron chi connectivity index (χ2n) is 4.99. The summed E-state index contributed by atoms with van der Waals surface area (Å²) in [5.74, 6) is -1.26. The second kappa shape index (κ2) is 7.02. The molecule has 118 valence electrons. The lowest BCUT2D eigenvalue weighted by Gasteiger charge is -2.26. The van der Waals surface area contributed by atoms with E-state index < -0.39 is 5.97 Å². The van der Waals surface area contributed by atoms with Crippen LogP contribution >= 0.6 is 22.7 Å². The van der Waals surface area contributed by atoms with Crippen LogP contribution in [0.4, 0.5) is 0 Å². The van der Waals surface area contributed by atoms with E-state index in [1.54, 1.807) is 18.3 Å². The minimum absolute atomic E-state index is 0.129. The van der Waals surface area contributed by atoms with Gasteiger partial charge in [-0.2, -0.15) is 0 Å². The van der Waals surface area contributed by atoms with Gasteiger partial charge in [0.2, 0.25) is 0 Å². The Morgan fingerprint density at radius 2 is 2.18 bits per heavy atom. The Balaban J connectivity index is 2.32. The predicted molar refractivity (Wildman–Crippen MR) is 88.6 cm³/mol. The zero-order valence-electron chi connectivity index (χ0n) is 12.7. The molecule has 7 heteroatoms. The Bertz CT molecular complexity index is 664. The Labute approximate surface area is 137 Å². The molecule has 2 rings (SSSR count). The molecule has 2 aromatic rings. The molecule has 0 saturated heterocycles. The molecule has 1 amide bonds. The van der Waals surface area contributed by atoms with Crippen molar-refractivity contribution in [1.29, 1.82) is 0 Å². The molecular formula is C15H18N2O3S2. The molecular weight excluding hydrogens is 320 g/mol. The summed E-state index contributed by atoms with van der Waals surface area (Å²) < 4.78 is 0. The third-order valence-electron chi connectivity index (χ3n) is 3.41. The average molecular weight is 338 g/mol. The van der Waals surface area contributed by atoms with Gasteiger partial charge in [0.25, 0.3) is 5.91 Å². The summed E-state index contributed by atoms with van der Waals surface area (Å²) in [4.78, 5) is 31.2. The van der Waals surface area contributed by atoms with E-state index in [4.69, 9.17) is 5.11 Å². The first-order valence-electron chi connectivity index (χ1n) is 6.98. The number of hydrogen-bond donors (Lipinski definition) is 1. The Morgan fingerprint density at radius 3 is 2.73 bits per heavy atom. The maximum absolute atomic E-state index is 12.7. The van der Waals surface area contributed by atoms with Gasteiger partial charge in [0.1, 0.15) is 16.4 Å². The Kier molecular flexibility index (Phi) is 5.31. The summed E-state index contributed by atoms with van der Waals surface area (Å²) in [5, 5.41) is 11.8. The summed E-state index contributed by atoms with van der Waals surface area (Å²) in [6.07, 6.45) is 0.703. The molecule has 0 aliphatic rings. The van der Waals surface area contributed by atoms with E-state index in [0.717, 1.165) is 9.88 Å². The molecule has 1 N–H and O–H groups in total. The fourth-order valence-corrected chi connectivity index (χ4v) is 3.84. The zero-order valence-corrected chi connectivity index (χ0v) is 14.3. The van der Waals surface area contributed by atoms with Crippen LogP contribution in [0.15, 0.2) is 17.5 Å². The van der Waals surface area contributed by atoms with Crippen LogP contribution in [0.1, 0.15) is 35.6 Å². The SMILES string of the molecule is CCC(C)N(CC(=O)O)C(=O)c1sc(-c2cccs2)nc1C. The number of carbonyl (C=O) groups is 2. The largest absolute Gasteiger partial charge is 0.480 e. The van der Waals surface area contributed by atoms with Crippen LogP contribution < -0.4 is 0 Å². The third-order valence-corrected chi connectivity index (χ3v) is 5.60. The number of nitrogens with zero attached hydrogens (tertiary/aromatic N) is 2. The number of aliphatic carboxylic acids is 1. The molecule has 0 aromatic carbocycles. The van der Waals surface area contributed by atoms with Crippen molar-refractivity contribution in [3.8, 4) is 9.88 Å². The molecule has 0 fully saturated rings. The van der Waals surface area contributed by atoms with Crippen LogP contribution in [0.2, 0.25) is 0 Å². The number of carbonyl (C=O) groups excluding carboxylic acids is 1. The highest BCUT2D eigenvalue weighted by molar-refractivity contribution is 7.22. The van der Waals surface area contributed by atoms with Crippen molar-refractivity contribution in [3.05, 3.63) is 28.1 Å². The van der Waals surface area contributed by atoms with Crippen LogP contribution in [0.3, 0.4) is 0 Å². The van der Waals surface area contributed by atoms with Crippen LogP contribution in [-0.2, 0) is 4.79 Å². The molecule has 0 radical (unpaired) electrons. The molecule has 22 heavy (non-hydrogen) atoms. The molecule has 0 spiro atoms. The number of thiophene rings is 1. The van der Waals surface area contributed by atoms with Gasteiger partial charge in [0, 0.05) is 6.04 Å². The lowest BCUT2D eigenvalue weighted by Crippen LogP contribution is -2.41. The summed E-state index contributed by atoms with van der Waals surface area (Å²) in [6, 6.07) is 3.77. The number of amides is 1. The Morgan fingerprint density at radius 1 is 1.45 bits per heavy atom. The number of thiazole rings is 1. The van der Waals surface area contributed by atoms with Gasteiger partial charge in [-0.05, 0) is 31.7 Å². The first-order valence-corrected chi connectivity index (χ1v) is 8.67. The van der Waals surface area contributed by atoms with E-state index in [9.17, 15) is 9.59 Å². The number of hydrogen-bond acceptors (Lipinski definition) is 5. The lowest BCUT2D eigenvalue weighted by atomic mass is 10.2. The molecule has 1 unspecified atom stereocenters. The molecule has 1 atom stereocenters. The molecule has 5 nitrogen and oxygen atoms in total. The van der Waals surface area contributed by atoms with E-state index >= 15 is 0 Å². The van der Waals surface area contributed by atoms with Crippen molar-refractivity contribution in [2.24, 2.45) is 0 Å². The van der Waals surface area contributed by atoms with Gasteiger partial charge in [-0.1, -0.05) is 13.0 Å². The highest BCUT2D eigenvalue weighted by Gasteiger charge is 2.26. The number of carboxylic acid groups (broad SMARTS) is 1. The van der Waals surface area contributed by atoms with Crippen LogP contribution in [0, 0.1) is 6.92 Å². The standard InChI is InChI=1S/C15H18N2O3S2/c1-4-9(2)17(8-12(18)19)15(20)13-10(3)16-14(22-13)11-6-5-7-21-11/h5-7,9H,4,8H2,1-3H3,(H,18,19). The van der Waals surface area contributed by atoms with Gasteiger partial charge in [0.05, 0.1) is 10.6 Å². The maximum Gasteiger partial charge on any atom is 0.323 e. The third kappa shape index (κ3) is 3.53. The van der Waals surface area contributed by atoms with Gasteiger partial charge in [-0.3, -0.25) is 9.59 Å². The van der Waals surface area contributed by atoms with Crippen molar-refractivity contribution < 1.29 is 14.7 Å². The van der Waals surface area contributed by atoms with Gasteiger partial charge in [-0.15, -0.1) is 22.7 Å². The maximum atomic E-state index is 12.7. The van der Waals surface area contributed by atoms with Gasteiger partial charge in [0.15, 0.2) is 0 Å². The van der Waals surface area contributed by atoms with Gasteiger partial charge < -0.3 is 10.0 Å². The smallest absolute Gasteiger partial charge is 0.323 e. The monoisotopic (exact) mass is 338 g/mol. The summed E-state index contributed by atoms with van der Waals surface area (Å²) in [7, 11) is 0. The number of rotatable bonds is 6. The van der Waals surface area contributed by atoms with Crippen molar-refractivity contribution >= 4 is 34.6 Å². The molecule has 0 aliphatic heterocycles. The fourth-order valence-electron chi connectivity index (χ4n) is 2.02. The fraction of sp³-hybridized carbons (Fsp3) is 0.400. The highest BCUT2D eigenvalue weighted by atomic mass is 32.1. The van der Waals surface area contributed by atoms with Crippen molar-refractivity contribution in [2.75, 3.05) is 6.54 Å². The number of aromatic nitrogens is 1. The van der Waals surface area contributed by atoms with Crippen molar-refractivity contribution in [1.82, 2.24) is 9.88 Å². The minimum Gasteiger partial charge on any atom is -0.480 e. The molecule has 2 heterocycles. The second-order valence-corrected chi connectivity index (χ2v) is 6.94.